The van der Waals surface area contributed by atoms with Crippen molar-refractivity contribution >= 4 is 21.8 Å². The maximum Gasteiger partial charge on any atom is 0.270 e. The first-order chi connectivity index (χ1) is 9.08. The molecular weight excluding hydrogens is 311 g/mol. The Labute approximate surface area is 119 Å². The summed E-state index contributed by atoms with van der Waals surface area (Å²) in [4.78, 5) is 15.5. The third kappa shape index (κ3) is 3.38. The number of hydrogen-bond acceptors (Lipinski definition) is 2. The van der Waals surface area contributed by atoms with Crippen LogP contribution >= 0.6 is 15.9 Å². The normalized spacial score (nSPS) is 11.9. The van der Waals surface area contributed by atoms with E-state index in [9.17, 15) is 9.18 Å². The highest BCUT2D eigenvalue weighted by atomic mass is 79.9. The van der Waals surface area contributed by atoms with Crippen molar-refractivity contribution in [3.05, 3.63) is 64.1 Å². The number of halogens is 2. The smallest absolute Gasteiger partial charge is 0.270 e. The van der Waals surface area contributed by atoms with Crippen LogP contribution in [0, 0.1) is 5.95 Å². The van der Waals surface area contributed by atoms with Crippen molar-refractivity contribution in [2.45, 2.75) is 13.0 Å². The van der Waals surface area contributed by atoms with Crippen LogP contribution in [0.4, 0.5) is 4.39 Å². The SMILES string of the molecule is CC(NC(=O)c1cccc(F)n1)c1ccccc1Br. The molecule has 0 aliphatic heterocycles. The molecule has 0 aliphatic rings. The van der Waals surface area contributed by atoms with E-state index < -0.39 is 11.9 Å². The maximum atomic E-state index is 13.0. The summed E-state index contributed by atoms with van der Waals surface area (Å²) in [5.41, 5.74) is 1.02. The minimum absolute atomic E-state index is 0.0684. The second kappa shape index (κ2) is 5.93. The zero-order valence-corrected chi connectivity index (χ0v) is 11.8. The standard InChI is InChI=1S/C14H12BrFN2O/c1-9(10-5-2-3-6-11(10)15)17-14(19)12-7-4-8-13(16)18-12/h2-9H,1H3,(H,17,19). The molecule has 0 radical (unpaired) electrons. The van der Waals surface area contributed by atoms with Crippen LogP contribution in [0.15, 0.2) is 46.9 Å². The van der Waals surface area contributed by atoms with E-state index in [1.54, 1.807) is 0 Å². The molecule has 1 amide bonds. The number of nitrogens with zero attached hydrogens (tertiary/aromatic N) is 1. The van der Waals surface area contributed by atoms with Gasteiger partial charge in [0.15, 0.2) is 0 Å². The second-order valence-corrected chi connectivity index (χ2v) is 4.92. The van der Waals surface area contributed by atoms with Gasteiger partial charge in [0.2, 0.25) is 5.95 Å². The van der Waals surface area contributed by atoms with E-state index in [1.807, 2.05) is 31.2 Å². The molecule has 5 heteroatoms. The molecule has 1 aromatic carbocycles. The molecule has 1 heterocycles. The Balaban J connectivity index is 2.13. The van der Waals surface area contributed by atoms with Crippen LogP contribution in [0.1, 0.15) is 29.0 Å². The van der Waals surface area contributed by atoms with Crippen LogP contribution in [0.3, 0.4) is 0 Å². The van der Waals surface area contributed by atoms with Gasteiger partial charge in [0.05, 0.1) is 6.04 Å². The lowest BCUT2D eigenvalue weighted by Gasteiger charge is -2.15. The number of aromatic nitrogens is 1. The highest BCUT2D eigenvalue weighted by Crippen LogP contribution is 2.22. The van der Waals surface area contributed by atoms with E-state index in [-0.39, 0.29) is 11.7 Å². The quantitative estimate of drug-likeness (QED) is 0.879. The zero-order valence-electron chi connectivity index (χ0n) is 10.2. The maximum absolute atomic E-state index is 13.0. The zero-order chi connectivity index (χ0) is 13.8. The number of hydrogen-bond donors (Lipinski definition) is 1. The summed E-state index contributed by atoms with van der Waals surface area (Å²) in [7, 11) is 0. The van der Waals surface area contributed by atoms with Crippen LogP contribution in [-0.4, -0.2) is 10.9 Å². The molecule has 0 fully saturated rings. The van der Waals surface area contributed by atoms with E-state index in [0.29, 0.717) is 0 Å². The van der Waals surface area contributed by atoms with Gasteiger partial charge in [0, 0.05) is 4.47 Å². The van der Waals surface area contributed by atoms with Gasteiger partial charge in [0.1, 0.15) is 5.69 Å². The Kier molecular flexibility index (Phi) is 4.27. The lowest BCUT2D eigenvalue weighted by atomic mass is 10.1. The summed E-state index contributed by atoms with van der Waals surface area (Å²) >= 11 is 3.43. The molecule has 1 aromatic heterocycles. The van der Waals surface area contributed by atoms with Gasteiger partial charge in [-0.3, -0.25) is 4.79 Å². The van der Waals surface area contributed by atoms with Crippen LogP contribution in [-0.2, 0) is 0 Å². The Morgan fingerprint density at radius 2 is 2.00 bits per heavy atom. The molecular formula is C14H12BrFN2O. The molecule has 0 spiro atoms. The lowest BCUT2D eigenvalue weighted by Crippen LogP contribution is -2.27. The van der Waals surface area contributed by atoms with Crippen molar-refractivity contribution in [2.24, 2.45) is 0 Å². The molecule has 1 N–H and O–H groups in total. The van der Waals surface area contributed by atoms with Crippen LogP contribution in [0.2, 0.25) is 0 Å². The first kappa shape index (κ1) is 13.7. The van der Waals surface area contributed by atoms with Crippen LogP contribution in [0.25, 0.3) is 0 Å². The Bertz CT molecular complexity index is 604. The van der Waals surface area contributed by atoms with Crippen molar-refractivity contribution in [2.75, 3.05) is 0 Å². The average molecular weight is 323 g/mol. The minimum Gasteiger partial charge on any atom is -0.344 e. The van der Waals surface area contributed by atoms with Gasteiger partial charge in [-0.2, -0.15) is 4.39 Å². The monoisotopic (exact) mass is 322 g/mol. The van der Waals surface area contributed by atoms with Gasteiger partial charge in [0.25, 0.3) is 5.91 Å². The molecule has 0 saturated carbocycles. The number of benzene rings is 1. The Hall–Kier alpha value is -1.75. The largest absolute Gasteiger partial charge is 0.344 e. The average Bonchev–Trinajstić information content (AvgIpc) is 2.39. The van der Waals surface area contributed by atoms with Crippen molar-refractivity contribution in [1.29, 1.82) is 0 Å². The third-order valence-corrected chi connectivity index (χ3v) is 3.39. The first-order valence-electron chi connectivity index (χ1n) is 5.76. The number of amides is 1. The predicted octanol–water partition coefficient (Wildman–Crippen LogP) is 3.47. The molecule has 1 unspecified atom stereocenters. The number of carbonyl (C=O) groups is 1. The topological polar surface area (TPSA) is 42.0 Å². The molecule has 0 bridgehead atoms. The van der Waals surface area contributed by atoms with E-state index >= 15 is 0 Å². The summed E-state index contributed by atoms with van der Waals surface area (Å²) in [5.74, 6) is -1.07. The Morgan fingerprint density at radius 3 is 2.68 bits per heavy atom. The minimum atomic E-state index is -0.666. The van der Waals surface area contributed by atoms with Gasteiger partial charge in [-0.05, 0) is 30.7 Å². The fourth-order valence-corrected chi connectivity index (χ4v) is 2.34. The predicted molar refractivity (Wildman–Crippen MR) is 74.2 cm³/mol. The molecule has 1 atom stereocenters. The molecule has 19 heavy (non-hydrogen) atoms. The molecule has 0 aliphatic carbocycles. The molecule has 98 valence electrons. The van der Waals surface area contributed by atoms with Crippen LogP contribution in [0.5, 0.6) is 0 Å². The van der Waals surface area contributed by atoms with Gasteiger partial charge in [-0.25, -0.2) is 4.98 Å². The van der Waals surface area contributed by atoms with Gasteiger partial charge in [-0.15, -0.1) is 0 Å². The fraction of sp³-hybridized carbons (Fsp3) is 0.143. The van der Waals surface area contributed by atoms with E-state index in [4.69, 9.17) is 0 Å². The Morgan fingerprint density at radius 1 is 1.26 bits per heavy atom. The third-order valence-electron chi connectivity index (χ3n) is 2.67. The fourth-order valence-electron chi connectivity index (χ4n) is 1.71. The molecule has 2 rings (SSSR count). The number of rotatable bonds is 3. The lowest BCUT2D eigenvalue weighted by molar-refractivity contribution is 0.0933. The van der Waals surface area contributed by atoms with E-state index in [1.165, 1.54) is 18.2 Å². The summed E-state index contributed by atoms with van der Waals surface area (Å²) in [5, 5.41) is 2.78. The van der Waals surface area contributed by atoms with Crippen molar-refractivity contribution in [3.8, 4) is 0 Å². The van der Waals surface area contributed by atoms with E-state index in [0.717, 1.165) is 10.0 Å². The van der Waals surface area contributed by atoms with Gasteiger partial charge < -0.3 is 5.32 Å². The highest BCUT2D eigenvalue weighted by molar-refractivity contribution is 9.10. The van der Waals surface area contributed by atoms with Crippen LogP contribution < -0.4 is 5.32 Å². The second-order valence-electron chi connectivity index (χ2n) is 4.06. The highest BCUT2D eigenvalue weighted by Gasteiger charge is 2.14. The summed E-state index contributed by atoms with van der Waals surface area (Å²) in [6, 6.07) is 11.5. The number of carbonyl (C=O) groups excluding carboxylic acids is 1. The summed E-state index contributed by atoms with van der Waals surface area (Å²) < 4.78 is 13.9. The summed E-state index contributed by atoms with van der Waals surface area (Å²) in [6.07, 6.45) is 0. The van der Waals surface area contributed by atoms with Gasteiger partial charge in [-0.1, -0.05) is 40.2 Å². The van der Waals surface area contributed by atoms with Gasteiger partial charge >= 0.3 is 0 Å². The first-order valence-corrected chi connectivity index (χ1v) is 6.55. The summed E-state index contributed by atoms with van der Waals surface area (Å²) in [6.45, 7) is 1.86. The van der Waals surface area contributed by atoms with E-state index in [2.05, 4.69) is 26.2 Å². The van der Waals surface area contributed by atoms with Crippen molar-refractivity contribution in [1.82, 2.24) is 10.3 Å². The number of nitrogens with one attached hydrogen (secondary N) is 1. The molecule has 3 nitrogen and oxygen atoms in total. The molecule has 2 aromatic rings. The van der Waals surface area contributed by atoms with Crippen molar-refractivity contribution in [3.63, 3.8) is 0 Å². The molecule has 0 saturated heterocycles. The van der Waals surface area contributed by atoms with Crippen molar-refractivity contribution < 1.29 is 9.18 Å². The number of pyridine rings is 1.